The third-order valence-corrected chi connectivity index (χ3v) is 9.80. The van der Waals surface area contributed by atoms with Crippen molar-refractivity contribution in [3.63, 3.8) is 0 Å². The molecule has 0 spiro atoms. The summed E-state index contributed by atoms with van der Waals surface area (Å²) in [5.41, 5.74) is 21.1. The summed E-state index contributed by atoms with van der Waals surface area (Å²) in [4.78, 5) is 79.4. The van der Waals surface area contributed by atoms with E-state index < -0.39 is 47.8 Å². The number of rotatable bonds is 22. The van der Waals surface area contributed by atoms with Crippen LogP contribution < -0.4 is 38.5 Å². The van der Waals surface area contributed by atoms with Gasteiger partial charge >= 0.3 is 0 Å². The summed E-state index contributed by atoms with van der Waals surface area (Å²) in [6.07, 6.45) is 7.93. The molecule has 0 saturated heterocycles. The zero-order chi connectivity index (χ0) is 41.3. The highest BCUT2D eigenvalue weighted by atomic mass is 16.2. The predicted octanol–water partition coefficient (Wildman–Crippen LogP) is 2.20. The number of guanidine groups is 1. The number of aryl methyl sites for hydroxylation is 1. The van der Waals surface area contributed by atoms with Gasteiger partial charge < -0.3 is 43.5 Å². The van der Waals surface area contributed by atoms with Crippen LogP contribution in [0.5, 0.6) is 0 Å². The van der Waals surface area contributed by atoms with Gasteiger partial charge in [0.25, 0.3) is 0 Å². The Labute approximate surface area is 337 Å². The van der Waals surface area contributed by atoms with E-state index in [0.29, 0.717) is 25.7 Å². The molecule has 58 heavy (non-hydrogen) atoms. The topological polar surface area (TPSA) is 252 Å². The summed E-state index contributed by atoms with van der Waals surface area (Å²) in [6, 6.07) is 22.0. The third kappa shape index (κ3) is 13.2. The summed E-state index contributed by atoms with van der Waals surface area (Å²) in [5, 5.41) is 12.2. The van der Waals surface area contributed by atoms with Crippen molar-refractivity contribution in [3.05, 3.63) is 120 Å². The van der Waals surface area contributed by atoms with Crippen molar-refractivity contribution in [1.29, 1.82) is 0 Å². The van der Waals surface area contributed by atoms with E-state index in [-0.39, 0.29) is 50.5 Å². The molecule has 4 atom stereocenters. The van der Waals surface area contributed by atoms with E-state index in [1.807, 2.05) is 84.9 Å². The average Bonchev–Trinajstić information content (AvgIpc) is 3.89. The van der Waals surface area contributed by atoms with Crippen molar-refractivity contribution in [1.82, 2.24) is 26.3 Å². The molecule has 0 aliphatic carbocycles. The number of nitrogens with two attached hydrogens (primary N) is 3. The van der Waals surface area contributed by atoms with Crippen molar-refractivity contribution < 1.29 is 24.0 Å². The Morgan fingerprint density at radius 1 is 0.690 bits per heavy atom. The zero-order valence-corrected chi connectivity index (χ0v) is 32.4. The highest BCUT2D eigenvalue weighted by Crippen LogP contribution is 2.20. The van der Waals surface area contributed by atoms with Gasteiger partial charge in [-0.25, -0.2) is 0 Å². The second-order valence-electron chi connectivity index (χ2n) is 14.3. The smallest absolute Gasteiger partial charge is 0.243 e. The number of H-pyrrole nitrogens is 1. The minimum atomic E-state index is -1.16. The van der Waals surface area contributed by atoms with Crippen LogP contribution >= 0.6 is 0 Å². The third-order valence-electron chi connectivity index (χ3n) is 9.80. The molecule has 2 heterocycles. The Bertz CT molecular complexity index is 2110. The van der Waals surface area contributed by atoms with E-state index in [9.17, 15) is 24.0 Å². The minimum Gasteiger partial charge on any atom is -0.370 e. The van der Waals surface area contributed by atoms with Gasteiger partial charge in [-0.05, 0) is 60.4 Å². The number of carbonyl (C=O) groups is 5. The first-order valence-electron chi connectivity index (χ1n) is 19.4. The number of hydrogen-bond acceptors (Lipinski definition) is 7. The lowest BCUT2D eigenvalue weighted by Gasteiger charge is -2.26. The number of para-hydroxylation sites is 1. The molecule has 4 aromatic rings. The largest absolute Gasteiger partial charge is 0.370 e. The van der Waals surface area contributed by atoms with Crippen LogP contribution in [0.4, 0.5) is 0 Å². The number of aromatic nitrogens is 1. The number of nitrogens with zero attached hydrogens (tertiary/aromatic N) is 2. The van der Waals surface area contributed by atoms with Crippen molar-refractivity contribution in [2.75, 3.05) is 6.54 Å². The zero-order valence-electron chi connectivity index (χ0n) is 32.4. The molecule has 15 nitrogen and oxygen atoms in total. The van der Waals surface area contributed by atoms with Gasteiger partial charge in [-0.1, -0.05) is 78.9 Å². The number of amides is 5. The first-order chi connectivity index (χ1) is 28.0. The number of carbonyl (C=O) groups excluding carboxylic acids is 5. The summed E-state index contributed by atoms with van der Waals surface area (Å²) in [6.45, 7) is 0.174. The predicted molar refractivity (Wildman–Crippen MR) is 224 cm³/mol. The lowest BCUT2D eigenvalue weighted by molar-refractivity contribution is -0.134. The molecule has 304 valence electrons. The maximum absolute atomic E-state index is 14.2. The van der Waals surface area contributed by atoms with Crippen LogP contribution in [-0.2, 0) is 43.2 Å². The van der Waals surface area contributed by atoms with Gasteiger partial charge in [0.15, 0.2) is 5.96 Å². The van der Waals surface area contributed by atoms with Crippen LogP contribution in [0.1, 0.15) is 55.2 Å². The molecule has 0 fully saturated rings. The molecular formula is C43H52N10O5. The van der Waals surface area contributed by atoms with Gasteiger partial charge in [-0.2, -0.15) is 0 Å². The molecule has 3 aromatic carbocycles. The fraction of sp³-hybridized carbons (Fsp3) is 0.326. The van der Waals surface area contributed by atoms with Crippen LogP contribution in [0.3, 0.4) is 0 Å². The van der Waals surface area contributed by atoms with Crippen LogP contribution in [0.25, 0.3) is 10.9 Å². The Kier molecular flexibility index (Phi) is 15.7. The monoisotopic (exact) mass is 788 g/mol. The standard InChI is InChI=1S/C43H52N10O5/c44-39(55)35(25-31-27-49-33-17-8-7-16-32(31)33)52-40(56)34(18-10-21-48-43(45)46)51-42(58)37(23-29-13-5-2-6-14-29)53-41(57)36(24-30-20-22-47-26-30)50-38(54)19-9-15-28-11-3-1-4-12-28/h1-8,11-14,16-17,22,26-27,34-37,49H,9-10,15,18-21,23-25H2,(H2,44,55)(H,50,54)(H,51,58)(H,52,56)(H,53,57)(H4,45,46,48)/t34-,35+,36-,37+/m0/s1. The van der Waals surface area contributed by atoms with Crippen molar-refractivity contribution in [3.8, 4) is 0 Å². The van der Waals surface area contributed by atoms with E-state index in [4.69, 9.17) is 17.2 Å². The van der Waals surface area contributed by atoms with Gasteiger partial charge in [-0.15, -0.1) is 0 Å². The Morgan fingerprint density at radius 2 is 1.31 bits per heavy atom. The van der Waals surface area contributed by atoms with Gasteiger partial charge in [0.1, 0.15) is 24.2 Å². The first kappa shape index (κ1) is 42.4. The summed E-state index contributed by atoms with van der Waals surface area (Å²) in [5.74, 6) is -3.05. The van der Waals surface area contributed by atoms with Crippen LogP contribution in [0, 0.1) is 0 Å². The summed E-state index contributed by atoms with van der Waals surface area (Å²) < 4.78 is 0. The average molecular weight is 789 g/mol. The molecule has 11 N–H and O–H groups in total. The van der Waals surface area contributed by atoms with Gasteiger partial charge in [0.05, 0.1) is 0 Å². The highest BCUT2D eigenvalue weighted by molar-refractivity contribution is 5.96. The molecular weight excluding hydrogens is 737 g/mol. The van der Waals surface area contributed by atoms with E-state index in [0.717, 1.165) is 33.2 Å². The molecule has 1 aliphatic heterocycles. The Morgan fingerprint density at radius 3 is 1.98 bits per heavy atom. The minimum absolute atomic E-state index is 0.0782. The van der Waals surface area contributed by atoms with Crippen molar-refractivity contribution in [2.24, 2.45) is 27.2 Å². The SMILES string of the molecule is NC(=O)[C@@H](Cc1c[nH]c2ccccc12)NC(=O)[C@H](CCCN=C(N)N)NC(=O)[C@@H](Cc1ccccc1)NC(=O)[C@H](CC1=CN=CC1)NC(=O)CCCc1ccccc1. The lowest BCUT2D eigenvalue weighted by atomic mass is 10.0. The Hall–Kier alpha value is -6.77. The maximum Gasteiger partial charge on any atom is 0.243 e. The number of nitrogens with one attached hydrogen (secondary N) is 5. The first-order valence-corrected chi connectivity index (χ1v) is 19.4. The second-order valence-corrected chi connectivity index (χ2v) is 14.3. The fourth-order valence-corrected chi connectivity index (χ4v) is 6.74. The molecule has 15 heteroatoms. The quantitative estimate of drug-likeness (QED) is 0.0335. The normalized spacial score (nSPS) is 14.0. The van der Waals surface area contributed by atoms with E-state index in [1.54, 1.807) is 18.6 Å². The molecule has 0 radical (unpaired) electrons. The molecule has 5 rings (SSSR count). The van der Waals surface area contributed by atoms with Crippen LogP contribution in [0.15, 0.2) is 113 Å². The number of aliphatic imine (C=N–C) groups is 2. The molecule has 5 amide bonds. The fourth-order valence-electron chi connectivity index (χ4n) is 6.74. The van der Waals surface area contributed by atoms with Crippen LogP contribution in [0.2, 0.25) is 0 Å². The van der Waals surface area contributed by atoms with E-state index >= 15 is 0 Å². The molecule has 0 unspecified atom stereocenters. The van der Waals surface area contributed by atoms with Crippen LogP contribution in [-0.4, -0.2) is 77.4 Å². The van der Waals surface area contributed by atoms with Gasteiger partial charge in [-0.3, -0.25) is 34.0 Å². The number of hydrogen-bond donors (Lipinski definition) is 8. The Balaban J connectivity index is 1.32. The van der Waals surface area contributed by atoms with E-state index in [1.165, 1.54) is 0 Å². The number of fused-ring (bicyclic) bond motifs is 1. The van der Waals surface area contributed by atoms with Crippen molar-refractivity contribution in [2.45, 2.75) is 82.0 Å². The van der Waals surface area contributed by atoms with Gasteiger partial charge in [0.2, 0.25) is 29.5 Å². The number of aromatic amines is 1. The summed E-state index contributed by atoms with van der Waals surface area (Å²) in [7, 11) is 0. The van der Waals surface area contributed by atoms with E-state index in [2.05, 4.69) is 36.2 Å². The maximum atomic E-state index is 14.2. The number of primary amides is 1. The highest BCUT2D eigenvalue weighted by Gasteiger charge is 2.32. The molecule has 1 aromatic heterocycles. The molecule has 0 saturated carbocycles. The molecule has 0 bridgehead atoms. The lowest BCUT2D eigenvalue weighted by Crippen LogP contribution is -2.58. The van der Waals surface area contributed by atoms with Gasteiger partial charge in [0, 0.05) is 61.7 Å². The number of benzene rings is 3. The van der Waals surface area contributed by atoms with Crippen molar-refractivity contribution >= 4 is 52.6 Å². The summed E-state index contributed by atoms with van der Waals surface area (Å²) >= 11 is 0. The molecule has 1 aliphatic rings. The second kappa shape index (κ2) is 21.5.